The summed E-state index contributed by atoms with van der Waals surface area (Å²) >= 11 is 0. The summed E-state index contributed by atoms with van der Waals surface area (Å²) in [6.07, 6.45) is 0.748. The number of amides is 3. The minimum atomic E-state index is -0.218. The highest BCUT2D eigenvalue weighted by molar-refractivity contribution is 5.97. The van der Waals surface area contributed by atoms with E-state index in [4.69, 9.17) is 4.74 Å². The molecule has 0 radical (unpaired) electrons. The first-order chi connectivity index (χ1) is 15.5. The molecule has 0 saturated heterocycles. The summed E-state index contributed by atoms with van der Waals surface area (Å²) in [4.78, 5) is 38.4. The van der Waals surface area contributed by atoms with E-state index in [9.17, 15) is 14.4 Å². The Bertz CT molecular complexity index is 878. The van der Waals surface area contributed by atoms with Crippen LogP contribution >= 0.6 is 0 Å². The molecule has 0 spiro atoms. The Morgan fingerprint density at radius 2 is 1.47 bits per heavy atom. The molecule has 0 aliphatic heterocycles. The number of anilines is 2. The van der Waals surface area contributed by atoms with E-state index >= 15 is 0 Å². The third-order valence-electron chi connectivity index (χ3n) is 4.88. The highest BCUT2D eigenvalue weighted by Crippen LogP contribution is 2.13. The first-order valence-electron chi connectivity index (χ1n) is 10.8. The van der Waals surface area contributed by atoms with Gasteiger partial charge in [-0.15, -0.1) is 0 Å². The van der Waals surface area contributed by atoms with Crippen molar-refractivity contribution in [2.45, 2.75) is 20.3 Å². The zero-order valence-corrected chi connectivity index (χ0v) is 18.9. The summed E-state index contributed by atoms with van der Waals surface area (Å²) < 4.78 is 4.95. The summed E-state index contributed by atoms with van der Waals surface area (Å²) in [6.45, 7) is 6.43. The van der Waals surface area contributed by atoms with Crippen molar-refractivity contribution in [3.05, 3.63) is 59.7 Å². The quantitative estimate of drug-likeness (QED) is 0.441. The van der Waals surface area contributed by atoms with Crippen molar-refractivity contribution in [1.82, 2.24) is 10.2 Å². The van der Waals surface area contributed by atoms with Crippen LogP contribution < -0.4 is 16.0 Å². The van der Waals surface area contributed by atoms with Gasteiger partial charge in [0.05, 0.1) is 6.54 Å². The van der Waals surface area contributed by atoms with E-state index in [-0.39, 0.29) is 24.3 Å². The van der Waals surface area contributed by atoms with Gasteiger partial charge in [0.1, 0.15) is 0 Å². The lowest BCUT2D eigenvalue weighted by atomic mass is 10.1. The number of methoxy groups -OCH3 is 1. The molecular weight excluding hydrogens is 408 g/mol. The number of nitrogens with zero attached hydrogens (tertiary/aromatic N) is 1. The molecule has 8 nitrogen and oxygen atoms in total. The van der Waals surface area contributed by atoms with Crippen LogP contribution in [0.3, 0.4) is 0 Å². The van der Waals surface area contributed by atoms with Crippen LogP contribution in [0, 0.1) is 0 Å². The smallest absolute Gasteiger partial charge is 0.253 e. The Labute approximate surface area is 189 Å². The Morgan fingerprint density at radius 1 is 0.875 bits per heavy atom. The molecule has 2 aromatic carbocycles. The predicted octanol–water partition coefficient (Wildman–Crippen LogP) is 2.99. The molecule has 8 heteroatoms. The average molecular weight is 441 g/mol. The second-order valence-electron chi connectivity index (χ2n) is 7.14. The molecule has 0 saturated carbocycles. The van der Waals surface area contributed by atoms with Crippen LogP contribution in [-0.4, -0.2) is 62.5 Å². The lowest BCUT2D eigenvalue weighted by Crippen LogP contribution is -2.30. The molecule has 2 aromatic rings. The highest BCUT2D eigenvalue weighted by Gasteiger charge is 2.12. The molecule has 172 valence electrons. The molecule has 0 aromatic heterocycles. The third kappa shape index (κ3) is 7.70. The minimum absolute atomic E-state index is 0.00797. The summed E-state index contributed by atoms with van der Waals surface area (Å²) in [7, 11) is 1.62. The topological polar surface area (TPSA) is 99.8 Å². The number of benzene rings is 2. The Balaban J connectivity index is 1.80. The van der Waals surface area contributed by atoms with Crippen molar-refractivity contribution in [2.24, 2.45) is 0 Å². The molecule has 3 N–H and O–H groups in total. The van der Waals surface area contributed by atoms with Crippen LogP contribution in [0.1, 0.15) is 41.0 Å². The van der Waals surface area contributed by atoms with Gasteiger partial charge in [0.25, 0.3) is 11.8 Å². The van der Waals surface area contributed by atoms with Gasteiger partial charge in [-0.05, 0) is 68.8 Å². The van der Waals surface area contributed by atoms with E-state index < -0.39 is 0 Å². The van der Waals surface area contributed by atoms with E-state index in [1.165, 1.54) is 0 Å². The van der Waals surface area contributed by atoms with E-state index in [1.54, 1.807) is 60.5 Å². The van der Waals surface area contributed by atoms with Crippen molar-refractivity contribution < 1.29 is 19.1 Å². The van der Waals surface area contributed by atoms with E-state index in [1.807, 2.05) is 13.8 Å². The van der Waals surface area contributed by atoms with Crippen molar-refractivity contribution in [3.63, 3.8) is 0 Å². The maximum atomic E-state index is 12.3. The van der Waals surface area contributed by atoms with Crippen LogP contribution in [-0.2, 0) is 9.53 Å². The van der Waals surface area contributed by atoms with E-state index in [0.29, 0.717) is 43.1 Å². The molecule has 0 aliphatic rings. The predicted molar refractivity (Wildman–Crippen MR) is 126 cm³/mol. The van der Waals surface area contributed by atoms with Crippen LogP contribution in [0.4, 0.5) is 11.4 Å². The molecule has 0 atom stereocenters. The second kappa shape index (κ2) is 13.1. The largest absolute Gasteiger partial charge is 0.385 e. The van der Waals surface area contributed by atoms with Gasteiger partial charge in [0.2, 0.25) is 5.91 Å². The summed E-state index contributed by atoms with van der Waals surface area (Å²) in [5.41, 5.74) is 2.49. The Hall–Kier alpha value is -3.39. The number of hydrogen-bond acceptors (Lipinski definition) is 5. The van der Waals surface area contributed by atoms with Gasteiger partial charge in [-0.2, -0.15) is 0 Å². The van der Waals surface area contributed by atoms with Crippen LogP contribution in [0.5, 0.6) is 0 Å². The highest BCUT2D eigenvalue weighted by atomic mass is 16.5. The molecule has 0 bridgehead atoms. The van der Waals surface area contributed by atoms with Gasteiger partial charge < -0.3 is 25.6 Å². The Kier molecular flexibility index (Phi) is 10.2. The van der Waals surface area contributed by atoms with Crippen LogP contribution in [0.2, 0.25) is 0 Å². The van der Waals surface area contributed by atoms with E-state index in [0.717, 1.165) is 12.1 Å². The molecule has 0 unspecified atom stereocenters. The summed E-state index contributed by atoms with van der Waals surface area (Å²) in [5.74, 6) is -0.389. The molecular formula is C24H32N4O4. The summed E-state index contributed by atoms with van der Waals surface area (Å²) in [5, 5.41) is 8.64. The van der Waals surface area contributed by atoms with Crippen LogP contribution in [0.15, 0.2) is 48.5 Å². The maximum absolute atomic E-state index is 12.3. The maximum Gasteiger partial charge on any atom is 0.253 e. The van der Waals surface area contributed by atoms with Crippen molar-refractivity contribution in [2.75, 3.05) is 50.5 Å². The normalized spacial score (nSPS) is 10.3. The number of hydrogen-bond donors (Lipinski definition) is 3. The van der Waals surface area contributed by atoms with Crippen molar-refractivity contribution in [1.29, 1.82) is 0 Å². The van der Waals surface area contributed by atoms with Gasteiger partial charge in [-0.1, -0.05) is 0 Å². The van der Waals surface area contributed by atoms with Crippen LogP contribution in [0.25, 0.3) is 0 Å². The number of ether oxygens (including phenoxy) is 1. The second-order valence-corrected chi connectivity index (χ2v) is 7.14. The SMILES string of the molecule is CCN(CC)C(=O)c1ccc(NCC(=O)Nc2ccc(C(=O)NCCCOC)cc2)cc1. The fourth-order valence-corrected chi connectivity index (χ4v) is 3.04. The lowest BCUT2D eigenvalue weighted by Gasteiger charge is -2.18. The van der Waals surface area contributed by atoms with Gasteiger partial charge in [0, 0.05) is 55.9 Å². The zero-order valence-electron chi connectivity index (χ0n) is 18.9. The van der Waals surface area contributed by atoms with E-state index in [2.05, 4.69) is 16.0 Å². The average Bonchev–Trinajstić information content (AvgIpc) is 2.82. The fourth-order valence-electron chi connectivity index (χ4n) is 3.04. The molecule has 32 heavy (non-hydrogen) atoms. The minimum Gasteiger partial charge on any atom is -0.385 e. The lowest BCUT2D eigenvalue weighted by molar-refractivity contribution is -0.114. The zero-order chi connectivity index (χ0) is 23.3. The van der Waals surface area contributed by atoms with Crippen molar-refractivity contribution in [3.8, 4) is 0 Å². The standard InChI is InChI=1S/C24H32N4O4/c1-4-28(5-2)24(31)19-9-11-20(12-10-19)26-17-22(29)27-21-13-7-18(8-14-21)23(30)25-15-6-16-32-3/h7-14,26H,4-6,15-17H2,1-3H3,(H,25,30)(H,27,29). The number of nitrogens with one attached hydrogen (secondary N) is 3. The Morgan fingerprint density at radius 3 is 2.06 bits per heavy atom. The van der Waals surface area contributed by atoms with Crippen molar-refractivity contribution >= 4 is 29.1 Å². The number of carbonyl (C=O) groups excluding carboxylic acids is 3. The molecule has 0 aliphatic carbocycles. The third-order valence-corrected chi connectivity index (χ3v) is 4.88. The number of carbonyl (C=O) groups is 3. The first-order valence-corrected chi connectivity index (χ1v) is 10.8. The molecule has 0 fully saturated rings. The monoisotopic (exact) mass is 440 g/mol. The van der Waals surface area contributed by atoms with Gasteiger partial charge in [0.15, 0.2) is 0 Å². The van der Waals surface area contributed by atoms with Gasteiger partial charge >= 0.3 is 0 Å². The van der Waals surface area contributed by atoms with Gasteiger partial charge in [-0.25, -0.2) is 0 Å². The number of rotatable bonds is 12. The first kappa shape index (κ1) is 24.9. The fraction of sp³-hybridized carbons (Fsp3) is 0.375. The summed E-state index contributed by atoms with van der Waals surface area (Å²) in [6, 6.07) is 13.8. The van der Waals surface area contributed by atoms with Gasteiger partial charge in [-0.3, -0.25) is 14.4 Å². The molecule has 2 rings (SSSR count). The molecule has 0 heterocycles. The molecule has 3 amide bonds.